The van der Waals surface area contributed by atoms with Crippen molar-refractivity contribution < 1.29 is 19.1 Å². The molecule has 2 unspecified atom stereocenters. The maximum Gasteiger partial charge on any atom is 0.326 e. The van der Waals surface area contributed by atoms with E-state index in [0.29, 0.717) is 23.7 Å². The molecular weight excluding hydrogens is 353 g/mol. The first kappa shape index (κ1) is 18.4. The summed E-state index contributed by atoms with van der Waals surface area (Å²) < 4.78 is 13.5. The Balaban J connectivity index is 2.64. The highest BCUT2D eigenvalue weighted by Crippen LogP contribution is 2.19. The molecule has 2 atom stereocenters. The Bertz CT molecular complexity index is 562. The van der Waals surface area contributed by atoms with Gasteiger partial charge in [-0.1, -0.05) is 19.1 Å². The van der Waals surface area contributed by atoms with Crippen molar-refractivity contribution in [2.45, 2.75) is 32.2 Å². The van der Waals surface area contributed by atoms with Gasteiger partial charge in [-0.25, -0.2) is 9.18 Å². The average molecular weight is 372 g/mol. The van der Waals surface area contributed by atoms with Crippen molar-refractivity contribution in [1.29, 1.82) is 0 Å². The SMILES string of the molecule is C=CCCC(NC(=O)C(C)Cc1ccc(F)c(Br)c1)C(=O)O. The number of aliphatic carboxylic acids is 1. The van der Waals surface area contributed by atoms with Gasteiger partial charge in [-0.15, -0.1) is 6.58 Å². The van der Waals surface area contributed by atoms with Crippen LogP contribution in [0.15, 0.2) is 35.3 Å². The van der Waals surface area contributed by atoms with Crippen LogP contribution in [-0.2, 0) is 16.0 Å². The Hall–Kier alpha value is -1.69. The molecule has 22 heavy (non-hydrogen) atoms. The number of hydrogen-bond acceptors (Lipinski definition) is 2. The van der Waals surface area contributed by atoms with Gasteiger partial charge in [0.2, 0.25) is 5.91 Å². The summed E-state index contributed by atoms with van der Waals surface area (Å²) in [4.78, 5) is 23.2. The predicted molar refractivity (Wildman–Crippen MR) is 86.0 cm³/mol. The molecular formula is C16H19BrFNO3. The van der Waals surface area contributed by atoms with Crippen LogP contribution in [0.1, 0.15) is 25.3 Å². The first-order valence-electron chi connectivity index (χ1n) is 6.93. The number of rotatable bonds is 8. The minimum atomic E-state index is -1.06. The maximum atomic E-state index is 13.2. The summed E-state index contributed by atoms with van der Waals surface area (Å²) in [5.41, 5.74) is 0.800. The summed E-state index contributed by atoms with van der Waals surface area (Å²) in [6.45, 7) is 5.24. The molecule has 0 aliphatic carbocycles. The summed E-state index contributed by atoms with van der Waals surface area (Å²) in [5.74, 6) is -2.18. The standard InChI is InChI=1S/C16H19BrFNO3/c1-3-4-5-14(16(21)22)19-15(20)10(2)8-11-6-7-13(18)12(17)9-11/h3,6-7,9-10,14H,1,4-5,8H2,2H3,(H,19,20)(H,21,22). The van der Waals surface area contributed by atoms with Gasteiger partial charge in [0, 0.05) is 5.92 Å². The number of carbonyl (C=O) groups excluding carboxylic acids is 1. The van der Waals surface area contributed by atoms with Gasteiger partial charge in [-0.3, -0.25) is 4.79 Å². The number of carbonyl (C=O) groups is 2. The molecule has 0 saturated carbocycles. The minimum absolute atomic E-state index is 0.305. The number of hydrogen-bond donors (Lipinski definition) is 2. The van der Waals surface area contributed by atoms with Crippen LogP contribution in [0.2, 0.25) is 0 Å². The lowest BCUT2D eigenvalue weighted by Gasteiger charge is -2.17. The second-order valence-electron chi connectivity index (χ2n) is 5.12. The van der Waals surface area contributed by atoms with E-state index in [2.05, 4.69) is 27.8 Å². The number of allylic oxidation sites excluding steroid dienone is 1. The average Bonchev–Trinajstić information content (AvgIpc) is 2.46. The number of nitrogens with one attached hydrogen (secondary N) is 1. The maximum absolute atomic E-state index is 13.2. The number of amides is 1. The minimum Gasteiger partial charge on any atom is -0.480 e. The van der Waals surface area contributed by atoms with Crippen molar-refractivity contribution in [3.05, 3.63) is 46.7 Å². The van der Waals surface area contributed by atoms with Crippen molar-refractivity contribution in [2.75, 3.05) is 0 Å². The number of benzene rings is 1. The third-order valence-corrected chi connectivity index (χ3v) is 3.86. The molecule has 0 radical (unpaired) electrons. The van der Waals surface area contributed by atoms with Crippen LogP contribution in [0, 0.1) is 11.7 Å². The predicted octanol–water partition coefficient (Wildman–Crippen LogP) is 3.30. The molecule has 120 valence electrons. The van der Waals surface area contributed by atoms with Gasteiger partial charge >= 0.3 is 5.97 Å². The van der Waals surface area contributed by atoms with Gasteiger partial charge in [0.05, 0.1) is 4.47 Å². The summed E-state index contributed by atoms with van der Waals surface area (Å²) in [6.07, 6.45) is 2.83. The molecule has 0 saturated heterocycles. The summed E-state index contributed by atoms with van der Waals surface area (Å²) in [6, 6.07) is 3.63. The van der Waals surface area contributed by atoms with Gasteiger partial charge in [0.25, 0.3) is 0 Å². The number of carboxylic acids is 1. The summed E-state index contributed by atoms with van der Waals surface area (Å²) in [5, 5.41) is 11.6. The molecule has 0 fully saturated rings. The monoisotopic (exact) mass is 371 g/mol. The Morgan fingerprint density at radius 1 is 1.50 bits per heavy atom. The third kappa shape index (κ3) is 5.60. The Kier molecular flexibility index (Phi) is 7.24. The van der Waals surface area contributed by atoms with E-state index in [-0.39, 0.29) is 11.7 Å². The fraction of sp³-hybridized carbons (Fsp3) is 0.375. The van der Waals surface area contributed by atoms with Crippen LogP contribution < -0.4 is 5.32 Å². The van der Waals surface area contributed by atoms with E-state index in [1.54, 1.807) is 25.1 Å². The van der Waals surface area contributed by atoms with Crippen LogP contribution in [0.25, 0.3) is 0 Å². The molecule has 0 heterocycles. The topological polar surface area (TPSA) is 66.4 Å². The van der Waals surface area contributed by atoms with Crippen molar-refractivity contribution >= 4 is 27.8 Å². The lowest BCUT2D eigenvalue weighted by Crippen LogP contribution is -2.43. The smallest absolute Gasteiger partial charge is 0.326 e. The molecule has 1 aromatic carbocycles. The van der Waals surface area contributed by atoms with E-state index < -0.39 is 17.9 Å². The van der Waals surface area contributed by atoms with E-state index in [4.69, 9.17) is 5.11 Å². The van der Waals surface area contributed by atoms with Crippen molar-refractivity contribution in [3.8, 4) is 0 Å². The van der Waals surface area contributed by atoms with E-state index >= 15 is 0 Å². The molecule has 6 heteroatoms. The molecule has 0 aliphatic heterocycles. The third-order valence-electron chi connectivity index (χ3n) is 3.25. The lowest BCUT2D eigenvalue weighted by molar-refractivity contribution is -0.142. The molecule has 1 amide bonds. The molecule has 1 aromatic rings. The molecule has 4 nitrogen and oxygen atoms in total. The summed E-state index contributed by atoms with van der Waals surface area (Å²) >= 11 is 3.10. The largest absolute Gasteiger partial charge is 0.480 e. The lowest BCUT2D eigenvalue weighted by atomic mass is 9.99. The first-order chi connectivity index (χ1) is 10.3. The van der Waals surface area contributed by atoms with Crippen LogP contribution in [0.3, 0.4) is 0 Å². The van der Waals surface area contributed by atoms with Gasteiger partial charge in [-0.2, -0.15) is 0 Å². The van der Waals surface area contributed by atoms with E-state index in [1.807, 2.05) is 0 Å². The van der Waals surface area contributed by atoms with Crippen LogP contribution in [0.4, 0.5) is 4.39 Å². The van der Waals surface area contributed by atoms with Gasteiger partial charge in [0.15, 0.2) is 0 Å². The fourth-order valence-electron chi connectivity index (χ4n) is 1.97. The normalized spacial score (nSPS) is 13.2. The van der Waals surface area contributed by atoms with Gasteiger partial charge in [0.1, 0.15) is 11.9 Å². The van der Waals surface area contributed by atoms with Crippen molar-refractivity contribution in [3.63, 3.8) is 0 Å². The molecule has 0 bridgehead atoms. The van der Waals surface area contributed by atoms with E-state index in [1.165, 1.54) is 6.07 Å². The molecule has 0 aliphatic rings. The first-order valence-corrected chi connectivity index (χ1v) is 7.72. The van der Waals surface area contributed by atoms with Gasteiger partial charge < -0.3 is 10.4 Å². The van der Waals surface area contributed by atoms with E-state index in [0.717, 1.165) is 5.56 Å². The van der Waals surface area contributed by atoms with E-state index in [9.17, 15) is 14.0 Å². The highest BCUT2D eigenvalue weighted by Gasteiger charge is 2.22. The molecule has 0 aromatic heterocycles. The second-order valence-corrected chi connectivity index (χ2v) is 5.97. The molecule has 1 rings (SSSR count). The number of carboxylic acid groups (broad SMARTS) is 1. The van der Waals surface area contributed by atoms with Crippen molar-refractivity contribution in [1.82, 2.24) is 5.32 Å². The number of halogens is 2. The second kappa shape index (κ2) is 8.68. The highest BCUT2D eigenvalue weighted by atomic mass is 79.9. The zero-order valence-corrected chi connectivity index (χ0v) is 13.9. The molecule has 0 spiro atoms. The Labute approximate surface area is 137 Å². The Morgan fingerprint density at radius 2 is 2.18 bits per heavy atom. The zero-order chi connectivity index (χ0) is 16.7. The van der Waals surface area contributed by atoms with Crippen LogP contribution in [0.5, 0.6) is 0 Å². The van der Waals surface area contributed by atoms with Crippen LogP contribution in [-0.4, -0.2) is 23.0 Å². The zero-order valence-electron chi connectivity index (χ0n) is 12.3. The quantitative estimate of drug-likeness (QED) is 0.689. The van der Waals surface area contributed by atoms with Crippen molar-refractivity contribution in [2.24, 2.45) is 5.92 Å². The highest BCUT2D eigenvalue weighted by molar-refractivity contribution is 9.10. The van der Waals surface area contributed by atoms with Crippen LogP contribution >= 0.6 is 15.9 Å². The molecule has 2 N–H and O–H groups in total. The summed E-state index contributed by atoms with van der Waals surface area (Å²) in [7, 11) is 0. The van der Waals surface area contributed by atoms with Gasteiger partial charge in [-0.05, 0) is 52.9 Å². The fourth-order valence-corrected chi connectivity index (χ4v) is 2.39. The Morgan fingerprint density at radius 3 is 2.73 bits per heavy atom.